The molecule has 1 saturated carbocycles. The standard InChI is InChI=1S/C10H18O3/c1-2-12-9-5-10(6-9)4-3-8(7-11)13-10/h8-9,11H,2-7H2,1H3. The van der Waals surface area contributed by atoms with Crippen molar-refractivity contribution < 1.29 is 14.6 Å². The normalized spacial score (nSPS) is 43.8. The zero-order valence-electron chi connectivity index (χ0n) is 8.16. The second kappa shape index (κ2) is 3.56. The Hall–Kier alpha value is -0.120. The Balaban J connectivity index is 1.78. The highest BCUT2D eigenvalue weighted by atomic mass is 16.5. The molecule has 76 valence electrons. The predicted molar refractivity (Wildman–Crippen MR) is 48.6 cm³/mol. The summed E-state index contributed by atoms with van der Waals surface area (Å²) in [6.45, 7) is 2.99. The predicted octanol–water partition coefficient (Wildman–Crippen LogP) is 1.10. The van der Waals surface area contributed by atoms with Crippen molar-refractivity contribution in [2.45, 2.75) is 50.4 Å². The third-order valence-corrected chi connectivity index (χ3v) is 3.14. The molecule has 1 saturated heterocycles. The molecule has 3 nitrogen and oxygen atoms in total. The number of ether oxygens (including phenoxy) is 2. The SMILES string of the molecule is CCOC1CC2(CCC(CO)O2)C1. The lowest BCUT2D eigenvalue weighted by molar-refractivity contribution is -0.167. The average Bonchev–Trinajstić information content (AvgIpc) is 2.48. The fourth-order valence-electron chi connectivity index (χ4n) is 2.45. The Labute approximate surface area is 79.0 Å². The molecule has 2 rings (SSSR count). The van der Waals surface area contributed by atoms with Gasteiger partial charge in [0, 0.05) is 19.4 Å². The molecule has 1 aliphatic carbocycles. The van der Waals surface area contributed by atoms with E-state index in [9.17, 15) is 0 Å². The smallest absolute Gasteiger partial charge is 0.0814 e. The first-order valence-electron chi connectivity index (χ1n) is 5.18. The summed E-state index contributed by atoms with van der Waals surface area (Å²) in [7, 11) is 0. The van der Waals surface area contributed by atoms with Gasteiger partial charge in [0.1, 0.15) is 0 Å². The fraction of sp³-hybridized carbons (Fsp3) is 1.00. The van der Waals surface area contributed by atoms with E-state index in [1.54, 1.807) is 0 Å². The minimum absolute atomic E-state index is 0.0766. The number of hydrogen-bond donors (Lipinski definition) is 1. The molecule has 0 amide bonds. The van der Waals surface area contributed by atoms with Crippen molar-refractivity contribution in [1.82, 2.24) is 0 Å². The Bertz CT molecular complexity index is 175. The molecule has 13 heavy (non-hydrogen) atoms. The molecule has 0 aromatic carbocycles. The molecule has 1 spiro atoms. The van der Waals surface area contributed by atoms with E-state index >= 15 is 0 Å². The van der Waals surface area contributed by atoms with E-state index in [2.05, 4.69) is 0 Å². The molecule has 0 bridgehead atoms. The van der Waals surface area contributed by atoms with Gasteiger partial charge in [-0.25, -0.2) is 0 Å². The summed E-state index contributed by atoms with van der Waals surface area (Å²) in [4.78, 5) is 0. The third-order valence-electron chi connectivity index (χ3n) is 3.14. The van der Waals surface area contributed by atoms with Crippen LogP contribution in [-0.2, 0) is 9.47 Å². The molecule has 0 radical (unpaired) electrons. The molecule has 3 heteroatoms. The Morgan fingerprint density at radius 3 is 2.85 bits per heavy atom. The van der Waals surface area contributed by atoms with Crippen LogP contribution in [0.4, 0.5) is 0 Å². The van der Waals surface area contributed by atoms with Crippen molar-refractivity contribution in [3.05, 3.63) is 0 Å². The molecule has 1 aliphatic heterocycles. The molecule has 2 fully saturated rings. The molecule has 0 aromatic heterocycles. The molecular formula is C10H18O3. The van der Waals surface area contributed by atoms with Crippen LogP contribution in [0.1, 0.15) is 32.6 Å². The number of rotatable bonds is 3. The van der Waals surface area contributed by atoms with E-state index in [-0.39, 0.29) is 18.3 Å². The lowest BCUT2D eigenvalue weighted by atomic mass is 9.75. The largest absolute Gasteiger partial charge is 0.394 e. The molecule has 1 atom stereocenters. The van der Waals surface area contributed by atoms with Crippen molar-refractivity contribution >= 4 is 0 Å². The van der Waals surface area contributed by atoms with Gasteiger partial charge in [-0.3, -0.25) is 0 Å². The van der Waals surface area contributed by atoms with Crippen LogP contribution in [0.5, 0.6) is 0 Å². The van der Waals surface area contributed by atoms with Crippen molar-refractivity contribution in [1.29, 1.82) is 0 Å². The van der Waals surface area contributed by atoms with Crippen LogP contribution in [0.3, 0.4) is 0 Å². The lowest BCUT2D eigenvalue weighted by Gasteiger charge is -2.44. The average molecular weight is 186 g/mol. The van der Waals surface area contributed by atoms with Crippen LogP contribution in [0.2, 0.25) is 0 Å². The first kappa shape index (κ1) is 9.44. The van der Waals surface area contributed by atoms with E-state index in [0.29, 0.717) is 6.10 Å². The molecule has 1 unspecified atom stereocenters. The van der Waals surface area contributed by atoms with Gasteiger partial charge in [0.25, 0.3) is 0 Å². The Morgan fingerprint density at radius 2 is 2.31 bits per heavy atom. The summed E-state index contributed by atoms with van der Waals surface area (Å²) >= 11 is 0. The fourth-order valence-corrected chi connectivity index (χ4v) is 2.45. The summed E-state index contributed by atoms with van der Waals surface area (Å²) < 4.78 is 11.3. The van der Waals surface area contributed by atoms with Gasteiger partial charge in [-0.1, -0.05) is 0 Å². The quantitative estimate of drug-likeness (QED) is 0.717. The van der Waals surface area contributed by atoms with E-state index in [1.165, 1.54) is 0 Å². The van der Waals surface area contributed by atoms with Crippen LogP contribution >= 0.6 is 0 Å². The number of hydrogen-bond acceptors (Lipinski definition) is 3. The third kappa shape index (κ3) is 1.73. The van der Waals surface area contributed by atoms with Crippen molar-refractivity contribution in [3.63, 3.8) is 0 Å². The van der Waals surface area contributed by atoms with E-state index < -0.39 is 0 Å². The highest BCUT2D eigenvalue weighted by Crippen LogP contribution is 2.46. The van der Waals surface area contributed by atoms with E-state index in [4.69, 9.17) is 14.6 Å². The molecule has 1 N–H and O–H groups in total. The van der Waals surface area contributed by atoms with Crippen LogP contribution in [0.15, 0.2) is 0 Å². The van der Waals surface area contributed by atoms with Gasteiger partial charge < -0.3 is 14.6 Å². The van der Waals surface area contributed by atoms with Gasteiger partial charge in [0.05, 0.1) is 24.4 Å². The van der Waals surface area contributed by atoms with Gasteiger partial charge in [-0.15, -0.1) is 0 Å². The van der Waals surface area contributed by atoms with Gasteiger partial charge in [-0.05, 0) is 19.8 Å². The van der Waals surface area contributed by atoms with Gasteiger partial charge in [-0.2, -0.15) is 0 Å². The molecule has 1 heterocycles. The topological polar surface area (TPSA) is 38.7 Å². The minimum atomic E-state index is 0.0766. The lowest BCUT2D eigenvalue weighted by Crippen LogP contribution is -2.48. The van der Waals surface area contributed by atoms with Crippen molar-refractivity contribution in [3.8, 4) is 0 Å². The second-order valence-corrected chi connectivity index (χ2v) is 4.13. The number of aliphatic hydroxyl groups is 1. The second-order valence-electron chi connectivity index (χ2n) is 4.13. The first-order chi connectivity index (χ1) is 6.28. The zero-order chi connectivity index (χ0) is 9.31. The summed E-state index contributed by atoms with van der Waals surface area (Å²) in [6, 6.07) is 0. The van der Waals surface area contributed by atoms with Crippen LogP contribution in [0, 0.1) is 0 Å². The summed E-state index contributed by atoms with van der Waals surface area (Å²) in [6.07, 6.45) is 4.65. The van der Waals surface area contributed by atoms with Gasteiger partial charge in [0.2, 0.25) is 0 Å². The molecule has 0 aromatic rings. The van der Waals surface area contributed by atoms with Crippen LogP contribution in [0.25, 0.3) is 0 Å². The highest BCUT2D eigenvalue weighted by molar-refractivity contribution is 5.01. The molecular weight excluding hydrogens is 168 g/mol. The summed E-state index contributed by atoms with van der Waals surface area (Å²) in [5.41, 5.74) is 0.0766. The summed E-state index contributed by atoms with van der Waals surface area (Å²) in [5.74, 6) is 0. The van der Waals surface area contributed by atoms with Crippen molar-refractivity contribution in [2.24, 2.45) is 0 Å². The zero-order valence-corrected chi connectivity index (χ0v) is 8.16. The van der Waals surface area contributed by atoms with Crippen molar-refractivity contribution in [2.75, 3.05) is 13.2 Å². The van der Waals surface area contributed by atoms with Gasteiger partial charge >= 0.3 is 0 Å². The Kier molecular flexibility index (Phi) is 2.58. The van der Waals surface area contributed by atoms with Crippen LogP contribution < -0.4 is 0 Å². The monoisotopic (exact) mass is 186 g/mol. The summed E-state index contributed by atoms with van der Waals surface area (Å²) in [5, 5.41) is 8.93. The first-order valence-corrected chi connectivity index (χ1v) is 5.18. The van der Waals surface area contributed by atoms with Crippen LogP contribution in [-0.4, -0.2) is 36.1 Å². The molecule has 2 aliphatic rings. The maximum absolute atomic E-state index is 8.93. The Morgan fingerprint density at radius 1 is 1.54 bits per heavy atom. The van der Waals surface area contributed by atoms with Gasteiger partial charge in [0.15, 0.2) is 0 Å². The number of aliphatic hydroxyl groups excluding tert-OH is 1. The maximum atomic E-state index is 8.93. The minimum Gasteiger partial charge on any atom is -0.394 e. The van der Waals surface area contributed by atoms with E-state index in [0.717, 1.165) is 32.3 Å². The highest BCUT2D eigenvalue weighted by Gasteiger charge is 2.50. The van der Waals surface area contributed by atoms with E-state index in [1.807, 2.05) is 6.92 Å². The maximum Gasteiger partial charge on any atom is 0.0814 e.